The Balaban J connectivity index is 1.77. The van der Waals surface area contributed by atoms with E-state index in [4.69, 9.17) is 0 Å². The van der Waals surface area contributed by atoms with Crippen LogP contribution < -0.4 is 0 Å². The number of carbonyl (C=O) groups excluding carboxylic acids is 1. The highest BCUT2D eigenvalue weighted by Crippen LogP contribution is 2.31. The first kappa shape index (κ1) is 16.1. The lowest BCUT2D eigenvalue weighted by Gasteiger charge is -2.27. The number of para-hydroxylation sites is 1. The van der Waals surface area contributed by atoms with Gasteiger partial charge in [-0.25, -0.2) is 0 Å². The molecule has 0 atom stereocenters. The van der Waals surface area contributed by atoms with Crippen molar-refractivity contribution in [3.63, 3.8) is 0 Å². The molecule has 0 bridgehead atoms. The number of aldehydes is 1. The Kier molecular flexibility index (Phi) is 4.41. The minimum absolute atomic E-state index is 0.722. The van der Waals surface area contributed by atoms with Gasteiger partial charge >= 0.3 is 0 Å². The molecule has 0 amide bonds. The van der Waals surface area contributed by atoms with Gasteiger partial charge in [0.25, 0.3) is 0 Å². The zero-order valence-corrected chi connectivity index (χ0v) is 14.7. The van der Waals surface area contributed by atoms with Gasteiger partial charge in [-0.2, -0.15) is 0 Å². The second-order valence-electron chi connectivity index (χ2n) is 6.85. The molecule has 25 heavy (non-hydrogen) atoms. The minimum Gasteiger partial charge on any atom is -0.340 e. The second-order valence-corrected chi connectivity index (χ2v) is 6.85. The summed E-state index contributed by atoms with van der Waals surface area (Å²) in [6.45, 7) is 6.38. The molecular weight excluding hydrogens is 308 g/mol. The molecule has 0 N–H and O–H groups in total. The molecule has 2 heterocycles. The Hall–Kier alpha value is -2.39. The van der Waals surface area contributed by atoms with Crippen molar-refractivity contribution in [3.8, 4) is 0 Å². The van der Waals surface area contributed by atoms with Crippen LogP contribution in [0.3, 0.4) is 0 Å². The number of fused-ring (bicyclic) bond motifs is 3. The molecule has 2 aromatic rings. The Morgan fingerprint density at radius 3 is 2.92 bits per heavy atom. The summed E-state index contributed by atoms with van der Waals surface area (Å²) in [5, 5.41) is 1.39. The van der Waals surface area contributed by atoms with E-state index in [1.165, 1.54) is 27.7 Å². The number of likely N-dealkylation sites (N-methyl/N-ethyl adjacent to an activating group) is 1. The van der Waals surface area contributed by atoms with Crippen LogP contribution in [0.25, 0.3) is 10.9 Å². The average Bonchev–Trinajstić information content (AvgIpc) is 2.81. The maximum Gasteiger partial charge on any atom is 0.146 e. The monoisotopic (exact) mass is 332 g/mol. The van der Waals surface area contributed by atoms with Crippen molar-refractivity contribution in [2.24, 2.45) is 0 Å². The fraction of sp³-hybridized carbons (Fsp3) is 0.318. The fourth-order valence-electron chi connectivity index (χ4n) is 3.97. The number of hydrogen-bond acceptors (Lipinski definition) is 2. The third-order valence-corrected chi connectivity index (χ3v) is 5.38. The maximum absolute atomic E-state index is 11.0. The van der Waals surface area contributed by atoms with Crippen molar-refractivity contribution in [1.29, 1.82) is 0 Å². The van der Waals surface area contributed by atoms with Crippen molar-refractivity contribution in [3.05, 3.63) is 71.0 Å². The van der Waals surface area contributed by atoms with Crippen LogP contribution in [0.4, 0.5) is 0 Å². The van der Waals surface area contributed by atoms with Crippen molar-refractivity contribution in [2.45, 2.75) is 32.9 Å². The third-order valence-electron chi connectivity index (χ3n) is 5.38. The minimum atomic E-state index is 0.722. The molecule has 128 valence electrons. The summed E-state index contributed by atoms with van der Waals surface area (Å²) < 4.78 is 2.48. The van der Waals surface area contributed by atoms with Crippen molar-refractivity contribution in [1.82, 2.24) is 9.47 Å². The third kappa shape index (κ3) is 3.00. The van der Waals surface area contributed by atoms with E-state index < -0.39 is 0 Å². The van der Waals surface area contributed by atoms with Crippen LogP contribution in [0.15, 0.2) is 59.7 Å². The van der Waals surface area contributed by atoms with Gasteiger partial charge in [0.1, 0.15) is 6.29 Å². The van der Waals surface area contributed by atoms with Gasteiger partial charge in [-0.3, -0.25) is 9.69 Å². The molecule has 1 aromatic carbocycles. The molecule has 0 saturated heterocycles. The Morgan fingerprint density at radius 1 is 1.20 bits per heavy atom. The predicted molar refractivity (Wildman–Crippen MR) is 103 cm³/mol. The normalized spacial score (nSPS) is 17.8. The molecule has 2 aliphatic rings. The van der Waals surface area contributed by atoms with Gasteiger partial charge in [0, 0.05) is 42.7 Å². The number of nitrogens with zero attached hydrogens (tertiary/aromatic N) is 2. The Morgan fingerprint density at radius 2 is 2.08 bits per heavy atom. The molecule has 0 unspecified atom stereocenters. The molecule has 3 heteroatoms. The van der Waals surface area contributed by atoms with Gasteiger partial charge in [0.05, 0.1) is 0 Å². The van der Waals surface area contributed by atoms with E-state index in [9.17, 15) is 4.79 Å². The van der Waals surface area contributed by atoms with Crippen LogP contribution in [0.1, 0.15) is 24.6 Å². The zero-order chi connectivity index (χ0) is 17.2. The lowest BCUT2D eigenvalue weighted by atomic mass is 10.0. The number of allylic oxidation sites excluding steroid dienone is 6. The first-order valence-electron chi connectivity index (χ1n) is 9.13. The second kappa shape index (κ2) is 6.85. The SMILES string of the molecule is CCN1CCc2c(c3ccccc3n2CC2=CC=C(C=O)CC=C2)C1. The van der Waals surface area contributed by atoms with Crippen LogP contribution in [0.5, 0.6) is 0 Å². The Bertz CT molecular complexity index is 898. The van der Waals surface area contributed by atoms with Crippen molar-refractivity contribution in [2.75, 3.05) is 13.1 Å². The van der Waals surface area contributed by atoms with E-state index in [1.54, 1.807) is 0 Å². The summed E-state index contributed by atoms with van der Waals surface area (Å²) in [6.07, 6.45) is 11.1. The van der Waals surface area contributed by atoms with Crippen molar-refractivity contribution >= 4 is 17.2 Å². The molecule has 0 spiro atoms. The molecule has 0 radical (unpaired) electrons. The number of carbonyl (C=O) groups is 1. The fourth-order valence-corrected chi connectivity index (χ4v) is 3.97. The van der Waals surface area contributed by atoms with E-state index >= 15 is 0 Å². The summed E-state index contributed by atoms with van der Waals surface area (Å²) in [5.74, 6) is 0. The molecule has 3 nitrogen and oxygen atoms in total. The van der Waals surface area contributed by atoms with E-state index in [1.807, 2.05) is 6.08 Å². The van der Waals surface area contributed by atoms with Gasteiger partial charge in [-0.1, -0.05) is 49.4 Å². The van der Waals surface area contributed by atoms with Gasteiger partial charge in [-0.15, -0.1) is 0 Å². The van der Waals surface area contributed by atoms with Crippen LogP contribution in [0, 0.1) is 0 Å². The lowest BCUT2D eigenvalue weighted by molar-refractivity contribution is -0.104. The topological polar surface area (TPSA) is 25.2 Å². The summed E-state index contributed by atoms with van der Waals surface area (Å²) in [7, 11) is 0. The first-order valence-corrected chi connectivity index (χ1v) is 9.13. The molecule has 1 aliphatic heterocycles. The average molecular weight is 332 g/mol. The standard InChI is InChI=1S/C22H24N2O/c1-2-23-13-12-22-20(15-23)19-8-3-4-9-21(19)24(22)14-17-6-5-7-18(16-25)11-10-17/h3-6,8-11,16H,2,7,12-15H2,1H3. The molecule has 4 rings (SSSR count). The van der Waals surface area contributed by atoms with E-state index in [0.717, 1.165) is 50.9 Å². The predicted octanol–water partition coefficient (Wildman–Crippen LogP) is 4.03. The van der Waals surface area contributed by atoms with E-state index in [0.29, 0.717) is 0 Å². The Labute approximate surface area is 148 Å². The molecule has 1 aromatic heterocycles. The quantitative estimate of drug-likeness (QED) is 0.790. The van der Waals surface area contributed by atoms with E-state index in [-0.39, 0.29) is 0 Å². The van der Waals surface area contributed by atoms with Crippen molar-refractivity contribution < 1.29 is 4.79 Å². The lowest BCUT2D eigenvalue weighted by Crippen LogP contribution is -2.30. The number of rotatable bonds is 4. The maximum atomic E-state index is 11.0. The first-order chi connectivity index (χ1) is 12.3. The van der Waals surface area contributed by atoms with Gasteiger partial charge < -0.3 is 4.57 Å². The van der Waals surface area contributed by atoms with Gasteiger partial charge in [0.2, 0.25) is 0 Å². The van der Waals surface area contributed by atoms with E-state index in [2.05, 4.69) is 58.9 Å². The highest BCUT2D eigenvalue weighted by Gasteiger charge is 2.23. The number of aromatic nitrogens is 1. The van der Waals surface area contributed by atoms with Crippen LogP contribution in [0.2, 0.25) is 0 Å². The van der Waals surface area contributed by atoms with Crippen LogP contribution in [-0.2, 0) is 24.3 Å². The van der Waals surface area contributed by atoms with Gasteiger partial charge in [-0.05, 0) is 35.7 Å². The zero-order valence-electron chi connectivity index (χ0n) is 14.7. The number of hydrogen-bond donors (Lipinski definition) is 0. The largest absolute Gasteiger partial charge is 0.340 e. The summed E-state index contributed by atoms with van der Waals surface area (Å²) >= 11 is 0. The summed E-state index contributed by atoms with van der Waals surface area (Å²) in [4.78, 5) is 13.5. The number of benzene rings is 1. The molecular formula is C22H24N2O. The molecule has 0 saturated carbocycles. The highest BCUT2D eigenvalue weighted by atomic mass is 16.1. The van der Waals surface area contributed by atoms with Crippen LogP contribution >= 0.6 is 0 Å². The highest BCUT2D eigenvalue weighted by molar-refractivity contribution is 5.86. The van der Waals surface area contributed by atoms with Crippen LogP contribution in [-0.4, -0.2) is 28.8 Å². The molecule has 1 aliphatic carbocycles. The summed E-state index contributed by atoms with van der Waals surface area (Å²) in [6, 6.07) is 8.76. The molecule has 0 fully saturated rings. The summed E-state index contributed by atoms with van der Waals surface area (Å²) in [5.41, 5.74) is 6.38. The smallest absolute Gasteiger partial charge is 0.146 e. The van der Waals surface area contributed by atoms with Gasteiger partial charge in [0.15, 0.2) is 0 Å².